The lowest BCUT2D eigenvalue weighted by Gasteiger charge is -2.33. The first-order valence-electron chi connectivity index (χ1n) is 13.6. The van der Waals surface area contributed by atoms with Gasteiger partial charge < -0.3 is 10.2 Å². The van der Waals surface area contributed by atoms with Crippen molar-refractivity contribution in [3.05, 3.63) is 112 Å². The van der Waals surface area contributed by atoms with Crippen LogP contribution in [0.3, 0.4) is 0 Å². The number of hydrogen-bond acceptors (Lipinski definition) is 3. The van der Waals surface area contributed by atoms with Crippen molar-refractivity contribution in [1.29, 1.82) is 0 Å². The Hall–Kier alpha value is -3.97. The summed E-state index contributed by atoms with van der Waals surface area (Å²) in [5.41, 5.74) is 3.15. The van der Waals surface area contributed by atoms with E-state index in [9.17, 15) is 14.4 Å². The number of halogens is 1. The van der Waals surface area contributed by atoms with E-state index < -0.39 is 6.04 Å². The molecular formula is C33H32BrN3O3. The first-order valence-corrected chi connectivity index (χ1v) is 14.4. The zero-order chi connectivity index (χ0) is 28.2. The highest BCUT2D eigenvalue weighted by molar-refractivity contribution is 9.10. The van der Waals surface area contributed by atoms with E-state index in [4.69, 9.17) is 0 Å². The Balaban J connectivity index is 1.51. The SMILES string of the molecule is CC[C@@H](C)NC(=O)[C@H](Cc1ccccc1)N(Cc1cccc(Br)c1)C(=O)CN1C(=O)c2cccc3cccc1c23. The number of hydrogen-bond donors (Lipinski definition) is 1. The van der Waals surface area contributed by atoms with Gasteiger partial charge in [0.15, 0.2) is 0 Å². The van der Waals surface area contributed by atoms with Gasteiger partial charge in [-0.05, 0) is 54.1 Å². The van der Waals surface area contributed by atoms with Gasteiger partial charge in [0.1, 0.15) is 12.6 Å². The van der Waals surface area contributed by atoms with Crippen LogP contribution in [0.2, 0.25) is 0 Å². The minimum atomic E-state index is -0.765. The maximum absolute atomic E-state index is 14.2. The summed E-state index contributed by atoms with van der Waals surface area (Å²) < 4.78 is 0.887. The molecule has 3 amide bonds. The van der Waals surface area contributed by atoms with Crippen molar-refractivity contribution in [3.63, 3.8) is 0 Å². The van der Waals surface area contributed by atoms with E-state index in [0.717, 1.165) is 38.5 Å². The average molecular weight is 599 g/mol. The van der Waals surface area contributed by atoms with Gasteiger partial charge in [0.05, 0.1) is 5.69 Å². The van der Waals surface area contributed by atoms with E-state index in [-0.39, 0.29) is 36.9 Å². The predicted molar refractivity (Wildman–Crippen MR) is 162 cm³/mol. The molecule has 0 aromatic heterocycles. The van der Waals surface area contributed by atoms with Crippen molar-refractivity contribution in [2.45, 2.75) is 45.3 Å². The number of carbonyl (C=O) groups is 3. The van der Waals surface area contributed by atoms with Crippen molar-refractivity contribution >= 4 is 50.1 Å². The molecule has 0 saturated heterocycles. The van der Waals surface area contributed by atoms with Gasteiger partial charge >= 0.3 is 0 Å². The molecule has 0 saturated carbocycles. The van der Waals surface area contributed by atoms with E-state index in [2.05, 4.69) is 21.2 Å². The van der Waals surface area contributed by atoms with Gasteiger partial charge in [-0.3, -0.25) is 19.3 Å². The molecule has 0 spiro atoms. The summed E-state index contributed by atoms with van der Waals surface area (Å²) in [6, 6.07) is 28.0. The molecule has 0 bridgehead atoms. The minimum Gasteiger partial charge on any atom is -0.352 e. The minimum absolute atomic E-state index is 0.0409. The van der Waals surface area contributed by atoms with Crippen LogP contribution in [0.5, 0.6) is 0 Å². The molecule has 1 aliphatic rings. The number of carbonyl (C=O) groups excluding carboxylic acids is 3. The van der Waals surface area contributed by atoms with E-state index in [0.29, 0.717) is 12.0 Å². The second-order valence-electron chi connectivity index (χ2n) is 10.2. The molecule has 0 fully saturated rings. The summed E-state index contributed by atoms with van der Waals surface area (Å²) in [7, 11) is 0. The fourth-order valence-corrected chi connectivity index (χ4v) is 5.64. The monoisotopic (exact) mass is 597 g/mol. The van der Waals surface area contributed by atoms with Crippen molar-refractivity contribution in [2.24, 2.45) is 0 Å². The summed E-state index contributed by atoms with van der Waals surface area (Å²) in [6.45, 7) is 4.03. The first kappa shape index (κ1) is 27.6. The highest BCUT2D eigenvalue weighted by Gasteiger charge is 2.36. The second-order valence-corrected chi connectivity index (χ2v) is 11.2. The third-order valence-corrected chi connectivity index (χ3v) is 7.95. The highest BCUT2D eigenvalue weighted by Crippen LogP contribution is 2.37. The Morgan fingerprint density at radius 3 is 2.35 bits per heavy atom. The Bertz CT molecular complexity index is 1550. The molecule has 0 unspecified atom stereocenters. The normalized spacial score (nSPS) is 13.8. The molecule has 1 aliphatic heterocycles. The summed E-state index contributed by atoms with van der Waals surface area (Å²) in [6.07, 6.45) is 1.13. The molecule has 40 heavy (non-hydrogen) atoms. The van der Waals surface area contributed by atoms with Crippen LogP contribution in [0.1, 0.15) is 41.8 Å². The number of nitrogens with zero attached hydrogens (tertiary/aromatic N) is 2. The smallest absolute Gasteiger partial charge is 0.259 e. The third-order valence-electron chi connectivity index (χ3n) is 7.46. The van der Waals surface area contributed by atoms with Gasteiger partial charge in [0.2, 0.25) is 11.8 Å². The summed E-state index contributed by atoms with van der Waals surface area (Å²) in [5.74, 6) is -0.704. The molecule has 5 rings (SSSR count). The molecule has 2 atom stereocenters. The van der Waals surface area contributed by atoms with Crippen molar-refractivity contribution in [2.75, 3.05) is 11.4 Å². The predicted octanol–water partition coefficient (Wildman–Crippen LogP) is 6.12. The standard InChI is InChI=1S/C33H32BrN3O3/c1-3-22(2)35-32(39)29(19-23-10-5-4-6-11-23)36(20-24-12-7-15-26(34)18-24)30(38)21-37-28-17-9-14-25-13-8-16-27(31(25)28)33(37)40/h4-18,22,29H,3,19-21H2,1-2H3,(H,35,39)/t22-,29+/m1/s1. The van der Waals surface area contributed by atoms with Gasteiger partial charge in [-0.15, -0.1) is 0 Å². The molecule has 0 aliphatic carbocycles. The van der Waals surface area contributed by atoms with Crippen LogP contribution in [0.25, 0.3) is 10.8 Å². The summed E-state index contributed by atoms with van der Waals surface area (Å²) in [5, 5.41) is 4.91. The van der Waals surface area contributed by atoms with E-state index >= 15 is 0 Å². The molecule has 0 radical (unpaired) electrons. The highest BCUT2D eigenvalue weighted by atomic mass is 79.9. The fourth-order valence-electron chi connectivity index (χ4n) is 5.19. The van der Waals surface area contributed by atoms with Gasteiger partial charge in [-0.1, -0.05) is 89.6 Å². The van der Waals surface area contributed by atoms with Crippen LogP contribution in [0.4, 0.5) is 5.69 Å². The molecule has 6 nitrogen and oxygen atoms in total. The lowest BCUT2D eigenvalue weighted by Crippen LogP contribution is -2.54. The average Bonchev–Trinajstić information content (AvgIpc) is 3.23. The maximum atomic E-state index is 14.2. The molecule has 204 valence electrons. The number of nitrogens with one attached hydrogen (secondary N) is 1. The number of amides is 3. The van der Waals surface area contributed by atoms with Crippen molar-refractivity contribution in [1.82, 2.24) is 10.2 Å². The van der Waals surface area contributed by atoms with Gasteiger partial charge in [0.25, 0.3) is 5.91 Å². The Labute approximate surface area is 243 Å². The molecule has 4 aromatic rings. The van der Waals surface area contributed by atoms with Crippen LogP contribution < -0.4 is 10.2 Å². The second kappa shape index (κ2) is 12.0. The van der Waals surface area contributed by atoms with Crippen LogP contribution in [-0.2, 0) is 22.6 Å². The third kappa shape index (κ3) is 5.80. The summed E-state index contributed by atoms with van der Waals surface area (Å²) in [4.78, 5) is 44.7. The molecular weight excluding hydrogens is 566 g/mol. The zero-order valence-corrected chi connectivity index (χ0v) is 24.2. The van der Waals surface area contributed by atoms with E-state index in [1.807, 2.05) is 98.8 Å². The molecule has 7 heteroatoms. The van der Waals surface area contributed by atoms with Gasteiger partial charge in [-0.25, -0.2) is 0 Å². The van der Waals surface area contributed by atoms with Crippen molar-refractivity contribution in [3.8, 4) is 0 Å². The number of rotatable bonds is 10. The Morgan fingerprint density at radius 1 is 0.925 bits per heavy atom. The maximum Gasteiger partial charge on any atom is 0.259 e. The van der Waals surface area contributed by atoms with Crippen LogP contribution in [0, 0.1) is 0 Å². The van der Waals surface area contributed by atoms with Crippen LogP contribution in [0.15, 0.2) is 95.5 Å². The molecule has 1 heterocycles. The van der Waals surface area contributed by atoms with Crippen molar-refractivity contribution < 1.29 is 14.4 Å². The number of benzene rings is 4. The first-order chi connectivity index (χ1) is 19.4. The Kier molecular flexibility index (Phi) is 8.31. The van der Waals surface area contributed by atoms with Gasteiger partial charge in [-0.2, -0.15) is 0 Å². The Morgan fingerprint density at radius 2 is 1.62 bits per heavy atom. The largest absolute Gasteiger partial charge is 0.352 e. The number of anilines is 1. The fraction of sp³-hybridized carbons (Fsp3) is 0.242. The van der Waals surface area contributed by atoms with Crippen LogP contribution in [-0.4, -0.2) is 41.2 Å². The molecule has 1 N–H and O–H groups in total. The zero-order valence-electron chi connectivity index (χ0n) is 22.6. The lowest BCUT2D eigenvalue weighted by atomic mass is 10.0. The van der Waals surface area contributed by atoms with Gasteiger partial charge in [0, 0.05) is 34.4 Å². The topological polar surface area (TPSA) is 69.7 Å². The molecule has 4 aromatic carbocycles. The lowest BCUT2D eigenvalue weighted by molar-refractivity contribution is -0.140. The van der Waals surface area contributed by atoms with Crippen LogP contribution >= 0.6 is 15.9 Å². The van der Waals surface area contributed by atoms with E-state index in [1.165, 1.54) is 0 Å². The summed E-state index contributed by atoms with van der Waals surface area (Å²) >= 11 is 3.53. The quantitative estimate of drug-likeness (QED) is 0.239. The van der Waals surface area contributed by atoms with E-state index in [1.54, 1.807) is 15.9 Å².